The molecule has 11 nitrogen and oxygen atoms in total. The van der Waals surface area contributed by atoms with E-state index in [1.165, 1.54) is 12.4 Å². The molecule has 6 rings (SSSR count). The van der Waals surface area contributed by atoms with Gasteiger partial charge >= 0.3 is 0 Å². The van der Waals surface area contributed by atoms with Crippen LogP contribution in [0.3, 0.4) is 0 Å². The number of carbonyl (C=O) groups is 1. The average Bonchev–Trinajstić information content (AvgIpc) is 3.48. The fourth-order valence-corrected chi connectivity index (χ4v) is 5.72. The van der Waals surface area contributed by atoms with E-state index >= 15 is 0 Å². The van der Waals surface area contributed by atoms with E-state index in [4.69, 9.17) is 14.3 Å². The first-order valence-electron chi connectivity index (χ1n) is 14.4. The summed E-state index contributed by atoms with van der Waals surface area (Å²) in [5.41, 5.74) is 3.23. The molecule has 0 saturated carbocycles. The molecule has 43 heavy (non-hydrogen) atoms. The van der Waals surface area contributed by atoms with Crippen molar-refractivity contribution in [2.45, 2.75) is 25.4 Å². The van der Waals surface area contributed by atoms with Crippen molar-refractivity contribution in [1.82, 2.24) is 14.9 Å². The number of aromatic nitrogens is 2. The lowest BCUT2D eigenvalue weighted by Gasteiger charge is -2.43. The number of nitrogens with one attached hydrogen (secondary N) is 2. The molecule has 4 heterocycles. The lowest BCUT2D eigenvalue weighted by atomic mass is 10.0. The lowest BCUT2D eigenvalue weighted by Crippen LogP contribution is -2.56. The number of carbonyl (C=O) groups excluding carboxylic acids is 1. The highest BCUT2D eigenvalue weighted by molar-refractivity contribution is 6.02. The normalized spacial score (nSPS) is 19.2. The number of ether oxygens (including phenoxy) is 2. The summed E-state index contributed by atoms with van der Waals surface area (Å²) in [5, 5.41) is 7.90. The summed E-state index contributed by atoms with van der Waals surface area (Å²) in [6.45, 7) is 10.8. The van der Waals surface area contributed by atoms with Crippen LogP contribution in [-0.2, 0) is 14.4 Å². The van der Waals surface area contributed by atoms with Gasteiger partial charge < -0.3 is 25.0 Å². The molecule has 1 amide bonds. The Bertz CT molecular complexity index is 1490. The molecule has 3 fully saturated rings. The van der Waals surface area contributed by atoms with Crippen LogP contribution in [0.1, 0.15) is 23.6 Å². The third kappa shape index (κ3) is 5.99. The minimum absolute atomic E-state index is 0.243. The SMILES string of the molecule is C=CC(=O)Nc1cc(Nc2cc(N3OCCC3c3cccc(C)c3F)ncn2)c(OC)cc1N1CCN(C2COC2)CC1. The van der Waals surface area contributed by atoms with E-state index in [-0.39, 0.29) is 17.8 Å². The first kappa shape index (κ1) is 28.8. The van der Waals surface area contributed by atoms with Gasteiger partial charge in [0.15, 0.2) is 5.82 Å². The maximum absolute atomic E-state index is 15.0. The van der Waals surface area contributed by atoms with Gasteiger partial charge in [-0.1, -0.05) is 24.8 Å². The van der Waals surface area contributed by atoms with Crippen molar-refractivity contribution in [2.24, 2.45) is 0 Å². The molecule has 0 aliphatic carbocycles. The van der Waals surface area contributed by atoms with E-state index in [1.807, 2.05) is 18.2 Å². The van der Waals surface area contributed by atoms with Gasteiger partial charge in [0.05, 0.1) is 56.1 Å². The van der Waals surface area contributed by atoms with Crippen LogP contribution in [0.2, 0.25) is 0 Å². The smallest absolute Gasteiger partial charge is 0.247 e. The summed E-state index contributed by atoms with van der Waals surface area (Å²) in [5.74, 6) is 0.998. The van der Waals surface area contributed by atoms with Gasteiger partial charge in [-0.25, -0.2) is 19.4 Å². The number of hydrogen-bond donors (Lipinski definition) is 2. The molecule has 2 aromatic carbocycles. The molecule has 1 aromatic heterocycles. The minimum atomic E-state index is -0.325. The maximum Gasteiger partial charge on any atom is 0.247 e. The highest BCUT2D eigenvalue weighted by Gasteiger charge is 2.32. The molecular weight excluding hydrogens is 553 g/mol. The number of anilines is 5. The average molecular weight is 590 g/mol. The van der Waals surface area contributed by atoms with Crippen LogP contribution in [0.4, 0.5) is 33.1 Å². The largest absolute Gasteiger partial charge is 0.494 e. The number of hydrogen-bond acceptors (Lipinski definition) is 10. The zero-order chi connectivity index (χ0) is 29.9. The Morgan fingerprint density at radius 3 is 2.67 bits per heavy atom. The maximum atomic E-state index is 15.0. The zero-order valence-corrected chi connectivity index (χ0v) is 24.4. The van der Waals surface area contributed by atoms with Crippen molar-refractivity contribution in [2.75, 3.05) is 73.7 Å². The third-order valence-electron chi connectivity index (χ3n) is 8.18. The molecule has 0 bridgehead atoms. The molecule has 0 spiro atoms. The number of hydroxylamine groups is 1. The number of methoxy groups -OCH3 is 1. The van der Waals surface area contributed by atoms with Crippen molar-refractivity contribution in [3.8, 4) is 5.75 Å². The van der Waals surface area contributed by atoms with E-state index in [9.17, 15) is 9.18 Å². The summed E-state index contributed by atoms with van der Waals surface area (Å²) in [6, 6.07) is 11.0. The van der Waals surface area contributed by atoms with Gasteiger partial charge in [-0.3, -0.25) is 14.5 Å². The summed E-state index contributed by atoms with van der Waals surface area (Å²) >= 11 is 0. The Hall–Kier alpha value is -4.26. The molecule has 3 saturated heterocycles. The Kier molecular flexibility index (Phi) is 8.41. The summed E-state index contributed by atoms with van der Waals surface area (Å²) in [4.78, 5) is 31.8. The van der Waals surface area contributed by atoms with E-state index in [0.29, 0.717) is 59.0 Å². The molecule has 2 N–H and O–H groups in total. The van der Waals surface area contributed by atoms with Gasteiger partial charge in [0, 0.05) is 50.3 Å². The van der Waals surface area contributed by atoms with Gasteiger partial charge in [0.1, 0.15) is 23.7 Å². The molecule has 1 atom stereocenters. The van der Waals surface area contributed by atoms with Crippen LogP contribution in [-0.4, -0.2) is 79.9 Å². The van der Waals surface area contributed by atoms with Gasteiger partial charge in [0.2, 0.25) is 5.91 Å². The molecule has 12 heteroatoms. The Morgan fingerprint density at radius 2 is 1.95 bits per heavy atom. The molecular formula is C31H36FN7O4. The van der Waals surface area contributed by atoms with Gasteiger partial charge in [-0.15, -0.1) is 0 Å². The van der Waals surface area contributed by atoms with Crippen LogP contribution < -0.4 is 25.3 Å². The quantitative estimate of drug-likeness (QED) is 0.353. The third-order valence-corrected chi connectivity index (χ3v) is 8.18. The number of benzene rings is 2. The molecule has 3 aliphatic heterocycles. The van der Waals surface area contributed by atoms with Gasteiger partial charge in [-0.05, 0) is 24.6 Å². The minimum Gasteiger partial charge on any atom is -0.494 e. The molecule has 1 unspecified atom stereocenters. The Balaban J connectivity index is 1.26. The highest BCUT2D eigenvalue weighted by atomic mass is 19.1. The van der Waals surface area contributed by atoms with Crippen molar-refractivity contribution in [3.63, 3.8) is 0 Å². The Labute approximate surface area is 250 Å². The van der Waals surface area contributed by atoms with Crippen molar-refractivity contribution >= 4 is 34.6 Å². The predicted octanol–water partition coefficient (Wildman–Crippen LogP) is 4.20. The van der Waals surface area contributed by atoms with E-state index in [0.717, 1.165) is 45.1 Å². The second kappa shape index (κ2) is 12.5. The van der Waals surface area contributed by atoms with Crippen LogP contribution in [0.5, 0.6) is 5.75 Å². The van der Waals surface area contributed by atoms with E-state index in [2.05, 4.69) is 37.0 Å². The predicted molar refractivity (Wildman–Crippen MR) is 162 cm³/mol. The number of piperazine rings is 1. The van der Waals surface area contributed by atoms with Crippen LogP contribution in [0.25, 0.3) is 0 Å². The second-order valence-electron chi connectivity index (χ2n) is 10.8. The number of aryl methyl sites for hydroxylation is 1. The summed E-state index contributed by atoms with van der Waals surface area (Å²) in [6.07, 6.45) is 3.30. The van der Waals surface area contributed by atoms with Crippen LogP contribution in [0.15, 0.2) is 55.4 Å². The summed E-state index contributed by atoms with van der Waals surface area (Å²) < 4.78 is 26.1. The molecule has 0 radical (unpaired) electrons. The topological polar surface area (TPSA) is 104 Å². The summed E-state index contributed by atoms with van der Waals surface area (Å²) in [7, 11) is 1.60. The van der Waals surface area contributed by atoms with Crippen molar-refractivity contribution in [3.05, 3.63) is 72.3 Å². The number of nitrogens with zero attached hydrogens (tertiary/aromatic N) is 5. The number of amides is 1. The standard InChI is InChI=1S/C31H36FN7O4/c1-4-30(40)36-23-14-24(27(41-3)15-26(23)38-11-9-37(10-12-38)21-17-42-18-21)35-28-16-29(34-19-33-28)39-25(8-13-43-39)22-7-5-6-20(2)31(22)32/h4-7,14-16,19,21,25H,1,8-13,17-18H2,2-3H3,(H,36,40)(H,33,34,35). The molecule has 3 aliphatic rings. The zero-order valence-electron chi connectivity index (χ0n) is 24.4. The Morgan fingerprint density at radius 1 is 1.14 bits per heavy atom. The lowest BCUT2D eigenvalue weighted by molar-refractivity contribution is -0.111. The van der Waals surface area contributed by atoms with Gasteiger partial charge in [0.25, 0.3) is 0 Å². The fourth-order valence-electron chi connectivity index (χ4n) is 5.72. The number of halogens is 1. The first-order chi connectivity index (χ1) is 20.9. The highest BCUT2D eigenvalue weighted by Crippen LogP contribution is 2.40. The van der Waals surface area contributed by atoms with E-state index in [1.54, 1.807) is 37.3 Å². The fraction of sp³-hybridized carbons (Fsp3) is 0.387. The monoisotopic (exact) mass is 589 g/mol. The molecule has 226 valence electrons. The van der Waals surface area contributed by atoms with Crippen molar-refractivity contribution in [1.29, 1.82) is 0 Å². The first-order valence-corrected chi connectivity index (χ1v) is 14.4. The second-order valence-corrected chi connectivity index (χ2v) is 10.8. The van der Waals surface area contributed by atoms with Gasteiger partial charge in [-0.2, -0.15) is 0 Å². The van der Waals surface area contributed by atoms with E-state index < -0.39 is 0 Å². The van der Waals surface area contributed by atoms with Crippen LogP contribution >= 0.6 is 0 Å². The molecule has 3 aromatic rings. The van der Waals surface area contributed by atoms with Crippen LogP contribution in [0, 0.1) is 12.7 Å². The number of rotatable bonds is 9. The van der Waals surface area contributed by atoms with Crippen molar-refractivity contribution < 1.29 is 23.5 Å².